The van der Waals surface area contributed by atoms with Gasteiger partial charge >= 0.3 is 5.97 Å². The third kappa shape index (κ3) is 6.28. The average Bonchev–Trinajstić information content (AvgIpc) is 2.78. The highest BCUT2D eigenvalue weighted by Gasteiger charge is 2.17. The van der Waals surface area contributed by atoms with Crippen LogP contribution in [-0.2, 0) is 20.7 Å². The Labute approximate surface area is 184 Å². The highest BCUT2D eigenvalue weighted by molar-refractivity contribution is 5.97. The molecule has 0 radical (unpaired) electrons. The summed E-state index contributed by atoms with van der Waals surface area (Å²) in [4.78, 5) is 28.9. The van der Waals surface area contributed by atoms with Gasteiger partial charge in [-0.15, -0.1) is 13.2 Å². The second-order valence-corrected chi connectivity index (χ2v) is 7.39. The van der Waals surface area contributed by atoms with E-state index in [0.29, 0.717) is 11.6 Å². The van der Waals surface area contributed by atoms with Gasteiger partial charge in [0.25, 0.3) is 0 Å². The van der Waals surface area contributed by atoms with Crippen molar-refractivity contribution in [3.63, 3.8) is 0 Å². The topological polar surface area (TPSA) is 77.5 Å². The van der Waals surface area contributed by atoms with E-state index in [1.54, 1.807) is 26.2 Å². The van der Waals surface area contributed by atoms with Crippen molar-refractivity contribution in [1.29, 1.82) is 0 Å². The van der Waals surface area contributed by atoms with Crippen molar-refractivity contribution < 1.29 is 19.1 Å². The molecular weight excluding hydrogens is 392 g/mol. The predicted molar refractivity (Wildman–Crippen MR) is 123 cm³/mol. The number of amides is 1. The Morgan fingerprint density at radius 2 is 1.90 bits per heavy atom. The number of carbonyl (C=O) groups is 2. The molecule has 6 nitrogen and oxygen atoms in total. The predicted octanol–water partition coefficient (Wildman–Crippen LogP) is 4.91. The number of rotatable bonds is 10. The average molecular weight is 423 g/mol. The molecule has 0 aliphatic rings. The molecule has 1 aromatic carbocycles. The summed E-state index contributed by atoms with van der Waals surface area (Å²) in [6.45, 7) is 11.3. The zero-order valence-corrected chi connectivity index (χ0v) is 18.6. The van der Waals surface area contributed by atoms with Gasteiger partial charge in [-0.05, 0) is 29.7 Å². The molecule has 1 N–H and O–H groups in total. The molecule has 0 aliphatic carbocycles. The number of nitrogens with zero attached hydrogens (tertiary/aromatic N) is 1. The zero-order valence-electron chi connectivity index (χ0n) is 18.6. The van der Waals surface area contributed by atoms with Crippen LogP contribution in [0.15, 0.2) is 55.6 Å². The van der Waals surface area contributed by atoms with Crippen LogP contribution in [0.3, 0.4) is 0 Å². The number of hydrogen-bond donors (Lipinski definition) is 1. The van der Waals surface area contributed by atoms with Gasteiger partial charge in [0.2, 0.25) is 11.8 Å². The molecule has 31 heavy (non-hydrogen) atoms. The Morgan fingerprint density at radius 3 is 2.52 bits per heavy atom. The number of anilines is 1. The van der Waals surface area contributed by atoms with E-state index >= 15 is 0 Å². The van der Waals surface area contributed by atoms with E-state index in [4.69, 9.17) is 9.47 Å². The maximum Gasteiger partial charge on any atom is 0.309 e. The molecule has 6 heteroatoms. The lowest BCUT2D eigenvalue weighted by atomic mass is 9.96. The van der Waals surface area contributed by atoms with Crippen LogP contribution in [-0.4, -0.2) is 31.1 Å². The molecule has 1 unspecified atom stereocenters. The quantitative estimate of drug-likeness (QED) is 0.435. The molecule has 164 valence electrons. The van der Waals surface area contributed by atoms with E-state index in [1.165, 1.54) is 7.11 Å². The molecule has 2 rings (SSSR count). The summed E-state index contributed by atoms with van der Waals surface area (Å²) in [5, 5.41) is 2.96. The number of ether oxygens (including phenoxy) is 2. The Hall–Kier alpha value is -3.41. The number of hydrogen-bond acceptors (Lipinski definition) is 5. The number of aromatic nitrogens is 1. The molecule has 0 spiro atoms. The summed E-state index contributed by atoms with van der Waals surface area (Å²) in [6, 6.07) is 9.33. The lowest BCUT2D eigenvalue weighted by molar-refractivity contribution is -0.139. The second kappa shape index (κ2) is 11.1. The van der Waals surface area contributed by atoms with Crippen LogP contribution in [0.4, 0.5) is 5.69 Å². The summed E-state index contributed by atoms with van der Waals surface area (Å²) in [5.74, 6) is -0.266. The van der Waals surface area contributed by atoms with Crippen LogP contribution in [0.5, 0.6) is 5.88 Å². The largest absolute Gasteiger partial charge is 0.481 e. The fraction of sp³-hybridized carbons (Fsp3) is 0.320. The van der Waals surface area contributed by atoms with Gasteiger partial charge < -0.3 is 14.8 Å². The monoisotopic (exact) mass is 422 g/mol. The van der Waals surface area contributed by atoms with E-state index < -0.39 is 0 Å². The van der Waals surface area contributed by atoms with Crippen molar-refractivity contribution in [2.75, 3.05) is 19.5 Å². The van der Waals surface area contributed by atoms with Crippen molar-refractivity contribution in [1.82, 2.24) is 4.98 Å². The summed E-state index contributed by atoms with van der Waals surface area (Å²) < 4.78 is 10.2. The molecule has 2 aromatic rings. The smallest absolute Gasteiger partial charge is 0.309 e. The maximum atomic E-state index is 12.6. The van der Waals surface area contributed by atoms with Gasteiger partial charge in [0.15, 0.2) is 0 Å². The summed E-state index contributed by atoms with van der Waals surface area (Å²) >= 11 is 0. The van der Waals surface area contributed by atoms with Gasteiger partial charge in [-0.3, -0.25) is 9.59 Å². The molecule has 1 amide bonds. The lowest BCUT2D eigenvalue weighted by Gasteiger charge is -2.17. The van der Waals surface area contributed by atoms with E-state index in [0.717, 1.165) is 28.8 Å². The Bertz CT molecular complexity index is 968. The second-order valence-electron chi connectivity index (χ2n) is 7.39. The highest BCUT2D eigenvalue weighted by Crippen LogP contribution is 2.34. The minimum absolute atomic E-state index is 0.109. The van der Waals surface area contributed by atoms with Gasteiger partial charge in [-0.1, -0.05) is 38.1 Å². The SMILES string of the molecule is C=CC[C@H](C)c1cc(-c2ccc(CC(=O)OC)cc2NC(=O)C(C)C=C)cc(OC)n1. The summed E-state index contributed by atoms with van der Waals surface area (Å²) in [5.41, 5.74) is 3.84. The van der Waals surface area contributed by atoms with Crippen molar-refractivity contribution >= 4 is 17.6 Å². The minimum atomic E-state index is -0.368. The van der Waals surface area contributed by atoms with Gasteiger partial charge in [0.05, 0.1) is 26.6 Å². The van der Waals surface area contributed by atoms with Crippen LogP contribution in [0.1, 0.15) is 37.4 Å². The van der Waals surface area contributed by atoms with Gasteiger partial charge in [-0.2, -0.15) is 0 Å². The first-order chi connectivity index (χ1) is 14.8. The Balaban J connectivity index is 2.58. The first-order valence-electron chi connectivity index (χ1n) is 10.1. The number of nitrogens with one attached hydrogen (secondary N) is 1. The van der Waals surface area contributed by atoms with Crippen molar-refractivity contribution in [2.24, 2.45) is 5.92 Å². The lowest BCUT2D eigenvalue weighted by Crippen LogP contribution is -2.19. The van der Waals surface area contributed by atoms with Crippen LogP contribution in [0.2, 0.25) is 0 Å². The Morgan fingerprint density at radius 1 is 1.16 bits per heavy atom. The molecule has 0 saturated heterocycles. The molecule has 0 aliphatic heterocycles. The molecular formula is C25H30N2O4. The highest BCUT2D eigenvalue weighted by atomic mass is 16.5. The van der Waals surface area contributed by atoms with Crippen LogP contribution in [0.25, 0.3) is 11.1 Å². The van der Waals surface area contributed by atoms with Gasteiger partial charge in [-0.25, -0.2) is 4.98 Å². The van der Waals surface area contributed by atoms with Crippen LogP contribution >= 0.6 is 0 Å². The number of benzene rings is 1. The third-order valence-electron chi connectivity index (χ3n) is 5.05. The maximum absolute atomic E-state index is 12.6. The van der Waals surface area contributed by atoms with Crippen LogP contribution < -0.4 is 10.1 Å². The normalized spacial score (nSPS) is 12.4. The molecule has 0 saturated carbocycles. The van der Waals surface area contributed by atoms with E-state index in [-0.39, 0.29) is 30.1 Å². The molecule has 2 atom stereocenters. The number of esters is 1. The zero-order chi connectivity index (χ0) is 23.0. The number of methoxy groups -OCH3 is 2. The molecule has 1 heterocycles. The van der Waals surface area contributed by atoms with Crippen LogP contribution in [0, 0.1) is 5.92 Å². The van der Waals surface area contributed by atoms with Crippen molar-refractivity contribution in [3.05, 3.63) is 66.9 Å². The number of carbonyl (C=O) groups excluding carboxylic acids is 2. The van der Waals surface area contributed by atoms with Gasteiger partial charge in [0, 0.05) is 28.9 Å². The summed E-state index contributed by atoms with van der Waals surface area (Å²) in [6.07, 6.45) is 4.32. The number of pyridine rings is 1. The fourth-order valence-electron chi connectivity index (χ4n) is 3.06. The minimum Gasteiger partial charge on any atom is -0.481 e. The van der Waals surface area contributed by atoms with Crippen molar-refractivity contribution in [2.45, 2.75) is 32.6 Å². The Kier molecular flexibility index (Phi) is 8.55. The van der Waals surface area contributed by atoms with E-state index in [2.05, 4.69) is 30.4 Å². The van der Waals surface area contributed by atoms with Crippen molar-refractivity contribution in [3.8, 4) is 17.0 Å². The van der Waals surface area contributed by atoms with E-state index in [9.17, 15) is 9.59 Å². The van der Waals surface area contributed by atoms with E-state index in [1.807, 2.05) is 30.3 Å². The third-order valence-corrected chi connectivity index (χ3v) is 5.05. The fourth-order valence-corrected chi connectivity index (χ4v) is 3.06. The van der Waals surface area contributed by atoms with Gasteiger partial charge in [0.1, 0.15) is 0 Å². The summed E-state index contributed by atoms with van der Waals surface area (Å²) in [7, 11) is 2.92. The number of allylic oxidation sites excluding steroid dienone is 1. The molecule has 0 bridgehead atoms. The first-order valence-corrected chi connectivity index (χ1v) is 10.1. The first kappa shape index (κ1) is 23.9. The standard InChI is InChI=1S/C25H30N2O4/c1-7-9-17(4)21-14-19(15-23(26-21)30-5)20-11-10-18(13-24(28)31-6)12-22(20)27-25(29)16(3)8-2/h7-8,10-12,14-17H,1-2,9,13H2,3-6H3,(H,27,29)/t16?,17-/m0/s1. The molecule has 1 aromatic heterocycles. The molecule has 0 fully saturated rings.